The van der Waals surface area contributed by atoms with Crippen molar-refractivity contribution in [2.75, 3.05) is 6.54 Å². The van der Waals surface area contributed by atoms with E-state index in [0.717, 1.165) is 6.42 Å². The summed E-state index contributed by atoms with van der Waals surface area (Å²) in [7, 11) is 0. The minimum Gasteiger partial charge on any atom is -0.444 e. The monoisotopic (exact) mass is 466 g/mol. The van der Waals surface area contributed by atoms with Gasteiger partial charge in [0, 0.05) is 18.7 Å². The highest BCUT2D eigenvalue weighted by Crippen LogP contribution is 2.09. The molecule has 0 aliphatic rings. The van der Waals surface area contributed by atoms with Crippen molar-refractivity contribution in [3.8, 4) is 0 Å². The summed E-state index contributed by atoms with van der Waals surface area (Å²) < 4.78 is 5.23. The van der Waals surface area contributed by atoms with Crippen LogP contribution in [0.1, 0.15) is 61.8 Å². The molecule has 0 saturated heterocycles. The van der Waals surface area contributed by atoms with Gasteiger partial charge in [0.05, 0.1) is 0 Å². The lowest BCUT2D eigenvalue weighted by Crippen LogP contribution is -2.56. The summed E-state index contributed by atoms with van der Waals surface area (Å²) in [6.45, 7) is 18.7. The molecule has 0 rings (SSSR count). The summed E-state index contributed by atoms with van der Waals surface area (Å²) in [5.41, 5.74) is -0.710. The smallest absolute Gasteiger partial charge is 0.408 e. The van der Waals surface area contributed by atoms with Crippen LogP contribution in [0.25, 0.3) is 0 Å². The molecule has 0 aliphatic carbocycles. The molecule has 0 heterocycles. The van der Waals surface area contributed by atoms with Gasteiger partial charge in [-0.3, -0.25) is 14.4 Å². The topological polar surface area (TPSA) is 126 Å². The van der Waals surface area contributed by atoms with Gasteiger partial charge in [0.15, 0.2) is 0 Å². The van der Waals surface area contributed by atoms with Crippen molar-refractivity contribution in [3.05, 3.63) is 24.8 Å². The Balaban J connectivity index is 5.22. The van der Waals surface area contributed by atoms with Gasteiger partial charge in [0.2, 0.25) is 17.7 Å². The second-order valence-electron chi connectivity index (χ2n) is 9.52. The number of rotatable bonds is 12. The Labute approximate surface area is 198 Å². The zero-order valence-corrected chi connectivity index (χ0v) is 21.3. The lowest BCUT2D eigenvalue weighted by Gasteiger charge is -2.27. The van der Waals surface area contributed by atoms with Crippen LogP contribution < -0.4 is 21.3 Å². The predicted molar refractivity (Wildman–Crippen MR) is 129 cm³/mol. The normalized spacial score (nSPS) is 14.4. The van der Waals surface area contributed by atoms with Crippen molar-refractivity contribution in [1.29, 1.82) is 0 Å². The summed E-state index contributed by atoms with van der Waals surface area (Å²) in [6, 6.07) is -2.36. The van der Waals surface area contributed by atoms with Gasteiger partial charge >= 0.3 is 6.09 Å². The molecule has 0 bridgehead atoms. The zero-order valence-electron chi connectivity index (χ0n) is 21.3. The van der Waals surface area contributed by atoms with E-state index in [9.17, 15) is 19.2 Å². The van der Waals surface area contributed by atoms with Crippen LogP contribution in [0.3, 0.4) is 0 Å². The maximum Gasteiger partial charge on any atom is 0.408 e. The molecule has 4 N–H and O–H groups in total. The summed E-state index contributed by atoms with van der Waals surface area (Å²) >= 11 is 0. The predicted octanol–water partition coefficient (Wildman–Crippen LogP) is 2.43. The van der Waals surface area contributed by atoms with Crippen molar-refractivity contribution >= 4 is 23.8 Å². The van der Waals surface area contributed by atoms with Gasteiger partial charge in [-0.05, 0) is 39.0 Å². The van der Waals surface area contributed by atoms with E-state index in [1.54, 1.807) is 40.7 Å². The van der Waals surface area contributed by atoms with Crippen LogP contribution in [0.15, 0.2) is 24.8 Å². The Morgan fingerprint density at radius 2 is 1.55 bits per heavy atom. The maximum absolute atomic E-state index is 12.8. The fraction of sp³-hybridized carbons (Fsp3) is 0.667. The van der Waals surface area contributed by atoms with Crippen LogP contribution in [0.5, 0.6) is 0 Å². The molecule has 0 aromatic carbocycles. The van der Waals surface area contributed by atoms with Gasteiger partial charge in [0.1, 0.15) is 17.7 Å². The Morgan fingerprint density at radius 3 is 2.00 bits per heavy atom. The van der Waals surface area contributed by atoms with Crippen LogP contribution in [0.4, 0.5) is 4.79 Å². The van der Waals surface area contributed by atoms with Gasteiger partial charge in [-0.15, -0.1) is 6.58 Å². The van der Waals surface area contributed by atoms with E-state index in [4.69, 9.17) is 4.74 Å². The molecule has 33 heavy (non-hydrogen) atoms. The minimum absolute atomic E-state index is 0.00240. The third-order valence-electron chi connectivity index (χ3n) is 4.47. The van der Waals surface area contributed by atoms with Crippen LogP contribution in [-0.4, -0.2) is 54.1 Å². The van der Waals surface area contributed by atoms with Crippen LogP contribution in [0, 0.1) is 11.8 Å². The first-order chi connectivity index (χ1) is 15.2. The average Bonchev–Trinajstić information content (AvgIpc) is 2.69. The molecule has 0 aliphatic heterocycles. The van der Waals surface area contributed by atoms with Crippen molar-refractivity contribution in [2.45, 2.75) is 85.5 Å². The van der Waals surface area contributed by atoms with E-state index in [2.05, 4.69) is 27.8 Å². The molecular formula is C24H42N4O5. The molecule has 188 valence electrons. The molecule has 0 fully saturated rings. The van der Waals surface area contributed by atoms with E-state index >= 15 is 0 Å². The quantitative estimate of drug-likeness (QED) is 0.260. The molecular weight excluding hydrogens is 424 g/mol. The molecule has 0 saturated carbocycles. The van der Waals surface area contributed by atoms with Crippen molar-refractivity contribution in [2.24, 2.45) is 11.8 Å². The first kappa shape index (κ1) is 30.2. The third kappa shape index (κ3) is 12.7. The molecule has 9 nitrogen and oxygen atoms in total. The van der Waals surface area contributed by atoms with Crippen LogP contribution in [0.2, 0.25) is 0 Å². The number of amides is 4. The molecule has 4 amide bonds. The van der Waals surface area contributed by atoms with E-state index in [1.165, 1.54) is 12.2 Å². The largest absolute Gasteiger partial charge is 0.444 e. The Bertz CT molecular complexity index is 710. The van der Waals surface area contributed by atoms with Gasteiger partial charge < -0.3 is 26.0 Å². The molecule has 3 atom stereocenters. The van der Waals surface area contributed by atoms with Crippen LogP contribution in [-0.2, 0) is 19.1 Å². The fourth-order valence-corrected chi connectivity index (χ4v) is 2.63. The first-order valence-corrected chi connectivity index (χ1v) is 11.4. The van der Waals surface area contributed by atoms with Crippen molar-refractivity contribution < 1.29 is 23.9 Å². The van der Waals surface area contributed by atoms with Crippen molar-refractivity contribution in [3.63, 3.8) is 0 Å². The van der Waals surface area contributed by atoms with E-state index in [-0.39, 0.29) is 17.7 Å². The Hall–Kier alpha value is -2.84. The third-order valence-corrected chi connectivity index (χ3v) is 4.47. The molecule has 0 aromatic heterocycles. The number of alkyl carbamates (subject to hydrolysis) is 1. The molecule has 0 spiro atoms. The summed E-state index contributed by atoms with van der Waals surface area (Å²) in [6.07, 6.45) is 4.43. The van der Waals surface area contributed by atoms with Gasteiger partial charge in [0.25, 0.3) is 0 Å². The molecule has 0 aromatic rings. The van der Waals surface area contributed by atoms with Gasteiger partial charge in [-0.1, -0.05) is 46.8 Å². The Kier molecular flexibility index (Phi) is 13.1. The number of nitrogens with one attached hydrogen (secondary N) is 4. The lowest BCUT2D eigenvalue weighted by molar-refractivity contribution is -0.129. The Morgan fingerprint density at radius 1 is 0.939 bits per heavy atom. The zero-order chi connectivity index (χ0) is 25.8. The van der Waals surface area contributed by atoms with E-state index in [0.29, 0.717) is 6.54 Å². The average molecular weight is 467 g/mol. The van der Waals surface area contributed by atoms with E-state index < -0.39 is 41.6 Å². The van der Waals surface area contributed by atoms with E-state index in [1.807, 2.05) is 20.8 Å². The lowest BCUT2D eigenvalue weighted by atomic mass is 10.0. The summed E-state index contributed by atoms with van der Waals surface area (Å²) in [4.78, 5) is 49.6. The number of carbonyl (C=O) groups excluding carboxylic acids is 4. The number of hydrogen-bond acceptors (Lipinski definition) is 5. The number of carbonyl (C=O) groups is 4. The second kappa shape index (κ2) is 14.3. The fourth-order valence-electron chi connectivity index (χ4n) is 2.63. The van der Waals surface area contributed by atoms with Crippen LogP contribution >= 0.6 is 0 Å². The van der Waals surface area contributed by atoms with Gasteiger partial charge in [-0.25, -0.2) is 4.79 Å². The number of ether oxygens (including phenoxy) is 1. The molecule has 0 radical (unpaired) electrons. The first-order valence-electron chi connectivity index (χ1n) is 11.4. The summed E-state index contributed by atoms with van der Waals surface area (Å²) in [5, 5.41) is 10.7. The minimum atomic E-state index is -1.03. The summed E-state index contributed by atoms with van der Waals surface area (Å²) in [5.74, 6) is -1.50. The molecule has 3 unspecified atom stereocenters. The number of hydrogen-bond donors (Lipinski definition) is 4. The van der Waals surface area contributed by atoms with Gasteiger partial charge in [-0.2, -0.15) is 0 Å². The van der Waals surface area contributed by atoms with Crippen molar-refractivity contribution in [1.82, 2.24) is 21.3 Å². The molecule has 9 heteroatoms. The maximum atomic E-state index is 12.8. The second-order valence-corrected chi connectivity index (χ2v) is 9.52. The highest BCUT2D eigenvalue weighted by Gasteiger charge is 2.30. The standard InChI is InChI=1S/C24H42N4O5/c1-10-14-25-19(29)13-12-18(15(3)4)27-21(30)17(11-2)26-22(31)20(16(5)6)28-23(32)33-24(7,8)9/h11-13,15-18,20H,2,10,14H2,1,3-9H3,(H,25,29)(H,26,31)(H,27,30)(H,28,32). The SMILES string of the molecule is C=CC(NC(=O)C(NC(=O)OC(C)(C)C)C(C)C)C(=O)NC(C=CC(=O)NCCC)C(C)C. The highest BCUT2D eigenvalue weighted by atomic mass is 16.6. The highest BCUT2D eigenvalue weighted by molar-refractivity contribution is 5.93.